The summed E-state index contributed by atoms with van der Waals surface area (Å²) in [5.41, 5.74) is 1.53. The molecule has 3 rings (SSSR count). The molecule has 9 heteroatoms. The van der Waals surface area contributed by atoms with E-state index in [0.29, 0.717) is 12.1 Å². The summed E-state index contributed by atoms with van der Waals surface area (Å²) in [7, 11) is 0. The van der Waals surface area contributed by atoms with E-state index in [0.717, 1.165) is 36.1 Å². The van der Waals surface area contributed by atoms with Gasteiger partial charge in [0.05, 0.1) is 16.6 Å². The van der Waals surface area contributed by atoms with Crippen LogP contribution in [-0.4, -0.2) is 11.9 Å². The van der Waals surface area contributed by atoms with Crippen molar-refractivity contribution in [1.82, 2.24) is 5.32 Å². The van der Waals surface area contributed by atoms with Crippen LogP contribution in [0.25, 0.3) is 0 Å². The number of urea groups is 1. The molecule has 1 unspecified atom stereocenters. The quantitative estimate of drug-likeness (QED) is 0.606. The van der Waals surface area contributed by atoms with E-state index in [-0.39, 0.29) is 17.6 Å². The van der Waals surface area contributed by atoms with Gasteiger partial charge in [-0.2, -0.15) is 13.2 Å². The molecule has 154 valence electrons. The maximum atomic E-state index is 13.0. The molecule has 0 radical (unpaired) electrons. The van der Waals surface area contributed by atoms with Crippen molar-refractivity contribution in [2.75, 3.05) is 10.6 Å². The second-order valence-electron chi connectivity index (χ2n) is 6.83. The van der Waals surface area contributed by atoms with Crippen LogP contribution in [0.3, 0.4) is 0 Å². The van der Waals surface area contributed by atoms with Crippen LogP contribution < -0.4 is 16.0 Å². The largest absolute Gasteiger partial charge is 0.417 e. The number of hydrogen-bond acceptors (Lipinski definition) is 2. The van der Waals surface area contributed by atoms with Crippen molar-refractivity contribution in [3.8, 4) is 0 Å². The molecule has 5 nitrogen and oxygen atoms in total. The predicted molar refractivity (Wildman–Crippen MR) is 105 cm³/mol. The average Bonchev–Trinajstić information content (AvgIpc) is 2.62. The normalized spacial score (nSPS) is 16.0. The third-order valence-corrected chi connectivity index (χ3v) is 4.95. The fourth-order valence-electron chi connectivity index (χ4n) is 3.38. The first-order valence-electron chi connectivity index (χ1n) is 8.98. The Morgan fingerprint density at radius 3 is 2.45 bits per heavy atom. The fraction of sp³-hybridized carbons (Fsp3) is 0.300. The SMILES string of the molecule is CC(=O)Nc1ccc2c(c1)C(NC(=O)Nc1ccc(Cl)c(C(F)(F)F)c1)CCC2. The molecule has 2 aromatic carbocycles. The number of hydrogen-bond donors (Lipinski definition) is 3. The van der Waals surface area contributed by atoms with Gasteiger partial charge in [0, 0.05) is 18.3 Å². The molecule has 0 aromatic heterocycles. The summed E-state index contributed by atoms with van der Waals surface area (Å²) in [4.78, 5) is 23.7. The molecule has 0 saturated carbocycles. The van der Waals surface area contributed by atoms with Gasteiger partial charge in [0.15, 0.2) is 0 Å². The number of carbonyl (C=O) groups excluding carboxylic acids is 2. The van der Waals surface area contributed by atoms with E-state index in [1.54, 1.807) is 6.07 Å². The van der Waals surface area contributed by atoms with Gasteiger partial charge in [-0.1, -0.05) is 17.7 Å². The lowest BCUT2D eigenvalue weighted by Crippen LogP contribution is -2.34. The number of rotatable bonds is 3. The predicted octanol–water partition coefficient (Wildman–Crippen LogP) is 5.52. The van der Waals surface area contributed by atoms with E-state index in [2.05, 4.69) is 16.0 Å². The molecular formula is C20H19ClF3N3O2. The number of benzene rings is 2. The van der Waals surface area contributed by atoms with Crippen LogP contribution in [0.1, 0.15) is 42.5 Å². The standard InChI is InChI=1S/C20H19ClF3N3O2/c1-11(28)25-13-6-5-12-3-2-4-18(15(12)9-13)27-19(29)26-14-7-8-17(21)16(10-14)20(22,23)24/h5-10,18H,2-4H2,1H3,(H,25,28)(H2,26,27,29). The number of aryl methyl sites for hydroxylation is 1. The molecule has 0 spiro atoms. The highest BCUT2D eigenvalue weighted by atomic mass is 35.5. The van der Waals surface area contributed by atoms with Crippen molar-refractivity contribution in [1.29, 1.82) is 0 Å². The lowest BCUT2D eigenvalue weighted by Gasteiger charge is -2.27. The van der Waals surface area contributed by atoms with E-state index in [9.17, 15) is 22.8 Å². The zero-order valence-electron chi connectivity index (χ0n) is 15.5. The smallest absolute Gasteiger partial charge is 0.331 e. The first-order valence-corrected chi connectivity index (χ1v) is 9.36. The van der Waals surface area contributed by atoms with E-state index < -0.39 is 22.8 Å². The topological polar surface area (TPSA) is 70.2 Å². The highest BCUT2D eigenvalue weighted by Gasteiger charge is 2.33. The second kappa shape index (κ2) is 8.32. The van der Waals surface area contributed by atoms with E-state index in [4.69, 9.17) is 11.6 Å². The molecule has 0 bridgehead atoms. The van der Waals surface area contributed by atoms with Crippen molar-refractivity contribution in [2.45, 2.75) is 38.4 Å². The van der Waals surface area contributed by atoms with Crippen molar-refractivity contribution in [3.05, 3.63) is 58.1 Å². The number of carbonyl (C=O) groups is 2. The summed E-state index contributed by atoms with van der Waals surface area (Å²) in [6.45, 7) is 1.41. The molecule has 1 aliphatic carbocycles. The number of anilines is 2. The molecule has 1 atom stereocenters. The summed E-state index contributed by atoms with van der Waals surface area (Å²) < 4.78 is 39.0. The zero-order chi connectivity index (χ0) is 21.2. The molecule has 0 aliphatic heterocycles. The Labute approximate surface area is 170 Å². The summed E-state index contributed by atoms with van der Waals surface area (Å²) in [5, 5.41) is 7.50. The fourth-order valence-corrected chi connectivity index (χ4v) is 3.60. The number of alkyl halides is 3. The van der Waals surface area contributed by atoms with E-state index in [1.165, 1.54) is 13.0 Å². The molecule has 0 heterocycles. The Morgan fingerprint density at radius 1 is 1.07 bits per heavy atom. The Balaban J connectivity index is 1.75. The van der Waals surface area contributed by atoms with Gasteiger partial charge in [0.1, 0.15) is 0 Å². The first kappa shape index (κ1) is 21.0. The van der Waals surface area contributed by atoms with Gasteiger partial charge < -0.3 is 16.0 Å². The molecular weight excluding hydrogens is 407 g/mol. The molecule has 29 heavy (non-hydrogen) atoms. The van der Waals surface area contributed by atoms with Crippen LogP contribution >= 0.6 is 11.6 Å². The van der Waals surface area contributed by atoms with Crippen molar-refractivity contribution >= 4 is 34.9 Å². The Bertz CT molecular complexity index is 947. The van der Waals surface area contributed by atoms with E-state index >= 15 is 0 Å². The van der Waals surface area contributed by atoms with Crippen LogP contribution in [0.15, 0.2) is 36.4 Å². The van der Waals surface area contributed by atoms with Gasteiger partial charge in [-0.25, -0.2) is 4.79 Å². The van der Waals surface area contributed by atoms with Crippen LogP contribution in [0.4, 0.5) is 29.3 Å². The third kappa shape index (κ3) is 5.20. The molecule has 0 fully saturated rings. The van der Waals surface area contributed by atoms with Crippen molar-refractivity contribution in [3.63, 3.8) is 0 Å². The second-order valence-corrected chi connectivity index (χ2v) is 7.24. The van der Waals surface area contributed by atoms with Gasteiger partial charge in [-0.05, 0) is 60.7 Å². The molecule has 0 saturated heterocycles. The first-order chi connectivity index (χ1) is 13.6. The van der Waals surface area contributed by atoms with E-state index in [1.807, 2.05) is 12.1 Å². The minimum Gasteiger partial charge on any atom is -0.331 e. The minimum absolute atomic E-state index is 0.0118. The van der Waals surface area contributed by atoms with Crippen molar-refractivity contribution in [2.24, 2.45) is 0 Å². The monoisotopic (exact) mass is 425 g/mol. The average molecular weight is 426 g/mol. The van der Waals surface area contributed by atoms with Crippen LogP contribution in [-0.2, 0) is 17.4 Å². The maximum absolute atomic E-state index is 13.0. The maximum Gasteiger partial charge on any atom is 0.417 e. The number of amides is 3. The Kier molecular flexibility index (Phi) is 6.02. The third-order valence-electron chi connectivity index (χ3n) is 4.62. The van der Waals surface area contributed by atoms with Gasteiger partial charge in [-0.15, -0.1) is 0 Å². The minimum atomic E-state index is -4.62. The summed E-state index contributed by atoms with van der Waals surface area (Å²) in [5.74, 6) is -0.203. The van der Waals surface area contributed by atoms with Gasteiger partial charge >= 0.3 is 12.2 Å². The summed E-state index contributed by atoms with van der Waals surface area (Å²) in [6, 6.07) is 7.77. The molecule has 2 aromatic rings. The van der Waals surface area contributed by atoms with Crippen molar-refractivity contribution < 1.29 is 22.8 Å². The lowest BCUT2D eigenvalue weighted by molar-refractivity contribution is -0.137. The Morgan fingerprint density at radius 2 is 1.76 bits per heavy atom. The molecule has 3 N–H and O–H groups in total. The summed E-state index contributed by atoms with van der Waals surface area (Å²) >= 11 is 5.60. The lowest BCUT2D eigenvalue weighted by atomic mass is 9.87. The summed E-state index contributed by atoms with van der Waals surface area (Å²) in [6.07, 6.45) is -2.23. The number of halogens is 4. The van der Waals surface area contributed by atoms with Crippen LogP contribution in [0, 0.1) is 0 Å². The number of nitrogens with one attached hydrogen (secondary N) is 3. The van der Waals surface area contributed by atoms with Crippen LogP contribution in [0.2, 0.25) is 5.02 Å². The van der Waals surface area contributed by atoms with Crippen LogP contribution in [0.5, 0.6) is 0 Å². The highest BCUT2D eigenvalue weighted by Crippen LogP contribution is 2.36. The molecule has 1 aliphatic rings. The molecule has 3 amide bonds. The van der Waals surface area contributed by atoms with Gasteiger partial charge in [-0.3, -0.25) is 4.79 Å². The zero-order valence-corrected chi connectivity index (χ0v) is 16.2. The highest BCUT2D eigenvalue weighted by molar-refractivity contribution is 6.31. The Hall–Kier alpha value is -2.74. The van der Waals surface area contributed by atoms with Gasteiger partial charge in [0.2, 0.25) is 5.91 Å². The number of fused-ring (bicyclic) bond motifs is 1. The van der Waals surface area contributed by atoms with Gasteiger partial charge in [0.25, 0.3) is 0 Å².